The molecule has 0 spiro atoms. The SMILES string of the molecule is COc1cc(OC)c(OC)cc1/C=C1\SC(=NC(=O)c2ccccc2)NC1=O. The summed E-state index contributed by atoms with van der Waals surface area (Å²) in [4.78, 5) is 28.9. The van der Waals surface area contributed by atoms with Crippen molar-refractivity contribution < 1.29 is 23.8 Å². The first-order valence-electron chi connectivity index (χ1n) is 8.24. The predicted molar refractivity (Wildman–Crippen MR) is 108 cm³/mol. The van der Waals surface area contributed by atoms with Gasteiger partial charge in [0.15, 0.2) is 16.7 Å². The van der Waals surface area contributed by atoms with Crippen LogP contribution in [0.4, 0.5) is 0 Å². The van der Waals surface area contributed by atoms with E-state index in [0.717, 1.165) is 11.8 Å². The molecule has 7 nitrogen and oxygen atoms in total. The van der Waals surface area contributed by atoms with E-state index < -0.39 is 5.91 Å². The third-order valence-electron chi connectivity index (χ3n) is 3.90. The number of aliphatic imine (C=N–C) groups is 1. The van der Waals surface area contributed by atoms with Crippen LogP contribution < -0.4 is 19.5 Å². The molecule has 2 amide bonds. The van der Waals surface area contributed by atoms with E-state index in [1.54, 1.807) is 42.5 Å². The molecule has 8 heteroatoms. The van der Waals surface area contributed by atoms with Crippen molar-refractivity contribution in [2.45, 2.75) is 0 Å². The molecular weight excluding hydrogens is 380 g/mol. The summed E-state index contributed by atoms with van der Waals surface area (Å²) in [6.45, 7) is 0. The summed E-state index contributed by atoms with van der Waals surface area (Å²) < 4.78 is 15.9. The van der Waals surface area contributed by atoms with E-state index in [0.29, 0.717) is 33.3 Å². The molecule has 0 saturated carbocycles. The van der Waals surface area contributed by atoms with Gasteiger partial charge in [-0.05, 0) is 36.0 Å². The highest BCUT2D eigenvalue weighted by atomic mass is 32.2. The topological polar surface area (TPSA) is 86.2 Å². The Morgan fingerprint density at radius 3 is 2.29 bits per heavy atom. The van der Waals surface area contributed by atoms with Gasteiger partial charge in [0.25, 0.3) is 11.8 Å². The molecule has 1 aliphatic rings. The molecule has 0 aliphatic carbocycles. The monoisotopic (exact) mass is 398 g/mol. The Kier molecular flexibility index (Phi) is 6.00. The van der Waals surface area contributed by atoms with Gasteiger partial charge in [-0.1, -0.05) is 18.2 Å². The second kappa shape index (κ2) is 8.62. The number of amidine groups is 1. The molecule has 0 bridgehead atoms. The Bertz CT molecular complexity index is 970. The van der Waals surface area contributed by atoms with Crippen molar-refractivity contribution in [1.82, 2.24) is 5.32 Å². The summed E-state index contributed by atoms with van der Waals surface area (Å²) in [6, 6.07) is 12.0. The molecule has 2 aromatic carbocycles. The molecule has 1 aliphatic heterocycles. The number of benzene rings is 2. The number of hydrogen-bond donors (Lipinski definition) is 1. The van der Waals surface area contributed by atoms with Crippen LogP contribution >= 0.6 is 11.8 Å². The number of amides is 2. The molecule has 144 valence electrons. The average molecular weight is 398 g/mol. The summed E-state index contributed by atoms with van der Waals surface area (Å²) in [5.74, 6) is 0.770. The Balaban J connectivity index is 1.89. The molecule has 0 atom stereocenters. The van der Waals surface area contributed by atoms with E-state index >= 15 is 0 Å². The zero-order valence-corrected chi connectivity index (χ0v) is 16.3. The molecule has 0 unspecified atom stereocenters. The number of rotatable bonds is 5. The second-order valence-corrected chi connectivity index (χ2v) is 6.63. The minimum Gasteiger partial charge on any atom is -0.496 e. The summed E-state index contributed by atoms with van der Waals surface area (Å²) in [7, 11) is 4.58. The fourth-order valence-corrected chi connectivity index (χ4v) is 3.34. The van der Waals surface area contributed by atoms with Crippen LogP contribution in [0, 0.1) is 0 Å². The van der Waals surface area contributed by atoms with Crippen LogP contribution in [0.1, 0.15) is 15.9 Å². The zero-order valence-electron chi connectivity index (χ0n) is 15.5. The molecule has 3 rings (SSSR count). The van der Waals surface area contributed by atoms with E-state index in [1.807, 2.05) is 6.07 Å². The quantitative estimate of drug-likeness (QED) is 0.779. The lowest BCUT2D eigenvalue weighted by Gasteiger charge is -2.12. The number of carbonyl (C=O) groups is 2. The highest BCUT2D eigenvalue weighted by molar-refractivity contribution is 8.18. The van der Waals surface area contributed by atoms with Crippen molar-refractivity contribution in [2.75, 3.05) is 21.3 Å². The third kappa shape index (κ3) is 4.17. The fraction of sp³-hybridized carbons (Fsp3) is 0.150. The van der Waals surface area contributed by atoms with Crippen LogP contribution in [-0.2, 0) is 4.79 Å². The number of carbonyl (C=O) groups excluding carboxylic acids is 2. The first-order chi connectivity index (χ1) is 13.5. The highest BCUT2D eigenvalue weighted by Gasteiger charge is 2.25. The number of nitrogens with zero attached hydrogens (tertiary/aromatic N) is 1. The van der Waals surface area contributed by atoms with Crippen LogP contribution in [-0.4, -0.2) is 38.3 Å². The zero-order chi connectivity index (χ0) is 20.1. The highest BCUT2D eigenvalue weighted by Crippen LogP contribution is 2.37. The van der Waals surface area contributed by atoms with Gasteiger partial charge in [-0.2, -0.15) is 4.99 Å². The maximum atomic E-state index is 12.3. The molecule has 0 radical (unpaired) electrons. The van der Waals surface area contributed by atoms with Gasteiger partial charge in [0, 0.05) is 17.2 Å². The van der Waals surface area contributed by atoms with Gasteiger partial charge in [0.1, 0.15) is 5.75 Å². The number of thioether (sulfide) groups is 1. The maximum absolute atomic E-state index is 12.3. The lowest BCUT2D eigenvalue weighted by Crippen LogP contribution is -2.20. The Labute approximate surface area is 166 Å². The number of nitrogens with one attached hydrogen (secondary N) is 1. The number of ether oxygens (including phenoxy) is 3. The van der Waals surface area contributed by atoms with Gasteiger partial charge in [-0.25, -0.2) is 0 Å². The smallest absolute Gasteiger partial charge is 0.279 e. The van der Waals surface area contributed by atoms with E-state index in [9.17, 15) is 9.59 Å². The lowest BCUT2D eigenvalue weighted by molar-refractivity contribution is -0.115. The molecule has 1 saturated heterocycles. The van der Waals surface area contributed by atoms with Crippen LogP contribution in [0.15, 0.2) is 52.4 Å². The van der Waals surface area contributed by atoms with Crippen molar-refractivity contribution in [3.05, 3.63) is 58.5 Å². The Morgan fingerprint density at radius 2 is 1.64 bits per heavy atom. The molecule has 1 fully saturated rings. The van der Waals surface area contributed by atoms with Gasteiger partial charge < -0.3 is 19.5 Å². The van der Waals surface area contributed by atoms with Gasteiger partial charge in [-0.15, -0.1) is 0 Å². The van der Waals surface area contributed by atoms with Crippen molar-refractivity contribution in [3.63, 3.8) is 0 Å². The van der Waals surface area contributed by atoms with Crippen LogP contribution in [0.2, 0.25) is 0 Å². The molecular formula is C20H18N2O5S. The summed E-state index contributed by atoms with van der Waals surface area (Å²) in [5.41, 5.74) is 1.08. The van der Waals surface area contributed by atoms with Crippen molar-refractivity contribution in [3.8, 4) is 17.2 Å². The third-order valence-corrected chi connectivity index (χ3v) is 4.81. The van der Waals surface area contributed by atoms with Crippen LogP contribution in [0.25, 0.3) is 6.08 Å². The average Bonchev–Trinajstić information content (AvgIpc) is 3.06. The number of hydrogen-bond acceptors (Lipinski definition) is 6. The van der Waals surface area contributed by atoms with E-state index in [4.69, 9.17) is 14.2 Å². The first kappa shape index (κ1) is 19.5. The van der Waals surface area contributed by atoms with Crippen LogP contribution in [0.5, 0.6) is 17.2 Å². The molecule has 0 aromatic heterocycles. The molecule has 28 heavy (non-hydrogen) atoms. The van der Waals surface area contributed by atoms with Crippen molar-refractivity contribution in [1.29, 1.82) is 0 Å². The van der Waals surface area contributed by atoms with Gasteiger partial charge >= 0.3 is 0 Å². The normalized spacial score (nSPS) is 16.2. The predicted octanol–water partition coefficient (Wildman–Crippen LogP) is 3.11. The lowest BCUT2D eigenvalue weighted by atomic mass is 10.1. The summed E-state index contributed by atoms with van der Waals surface area (Å²) in [6.07, 6.45) is 1.65. The Hall–Kier alpha value is -3.26. The Morgan fingerprint density at radius 1 is 1.00 bits per heavy atom. The van der Waals surface area contributed by atoms with E-state index in [2.05, 4.69) is 10.3 Å². The van der Waals surface area contributed by atoms with Gasteiger partial charge in [0.2, 0.25) is 0 Å². The van der Waals surface area contributed by atoms with Crippen LogP contribution in [0.3, 0.4) is 0 Å². The fourth-order valence-electron chi connectivity index (χ4n) is 2.52. The minimum atomic E-state index is -0.423. The van der Waals surface area contributed by atoms with E-state index in [1.165, 1.54) is 21.3 Å². The molecule has 1 heterocycles. The second-order valence-electron chi connectivity index (χ2n) is 5.60. The summed E-state index contributed by atoms with van der Waals surface area (Å²) >= 11 is 1.08. The molecule has 2 aromatic rings. The standard InChI is InChI=1S/C20H18N2O5S/c1-25-14-11-16(27-3)15(26-2)9-13(14)10-17-19(24)22-20(28-17)21-18(23)12-7-5-4-6-8-12/h4-11H,1-3H3,(H,21,22,23,24)/b17-10-. The van der Waals surface area contributed by atoms with E-state index in [-0.39, 0.29) is 11.1 Å². The molecule has 1 N–H and O–H groups in total. The van der Waals surface area contributed by atoms with Gasteiger partial charge in [-0.3, -0.25) is 9.59 Å². The largest absolute Gasteiger partial charge is 0.496 e. The minimum absolute atomic E-state index is 0.226. The first-order valence-corrected chi connectivity index (χ1v) is 9.06. The van der Waals surface area contributed by atoms with Crippen molar-refractivity contribution >= 4 is 34.8 Å². The maximum Gasteiger partial charge on any atom is 0.279 e. The van der Waals surface area contributed by atoms with Crippen molar-refractivity contribution in [2.24, 2.45) is 4.99 Å². The van der Waals surface area contributed by atoms with Gasteiger partial charge in [0.05, 0.1) is 26.2 Å². The number of methoxy groups -OCH3 is 3. The summed E-state index contributed by atoms with van der Waals surface area (Å²) in [5, 5.41) is 2.83.